The molecule has 4 rings (SSSR count). The number of carbonyl (C=O) groups is 1. The van der Waals surface area contributed by atoms with E-state index in [9.17, 15) is 4.79 Å². The first-order chi connectivity index (χ1) is 19.3. The second-order valence-corrected chi connectivity index (χ2v) is 11.8. The van der Waals surface area contributed by atoms with Gasteiger partial charge in [0.15, 0.2) is 11.6 Å². The molecule has 9 heteroatoms. The highest BCUT2D eigenvalue weighted by Gasteiger charge is 2.53. The number of aliphatic imine (C=N–C) groups is 1. The molecule has 1 aliphatic heterocycles. The molecule has 0 saturated carbocycles. The molecule has 7 nitrogen and oxygen atoms in total. The van der Waals surface area contributed by atoms with Gasteiger partial charge in [-0.1, -0.05) is 62.2 Å². The van der Waals surface area contributed by atoms with Crippen LogP contribution in [0.25, 0.3) is 0 Å². The van der Waals surface area contributed by atoms with Gasteiger partial charge in [0.1, 0.15) is 5.75 Å². The number of nitrogens with one attached hydrogen (secondary N) is 1. The molecule has 40 heavy (non-hydrogen) atoms. The fourth-order valence-electron chi connectivity index (χ4n) is 4.60. The Bertz CT molecular complexity index is 1300. The van der Waals surface area contributed by atoms with Crippen molar-refractivity contribution < 1.29 is 19.4 Å². The zero-order chi connectivity index (χ0) is 28.5. The van der Waals surface area contributed by atoms with Gasteiger partial charge in [-0.25, -0.2) is 4.99 Å². The highest BCUT2D eigenvalue weighted by Crippen LogP contribution is 2.43. The number of aliphatic hydroxyl groups excluding tert-OH is 1. The summed E-state index contributed by atoms with van der Waals surface area (Å²) < 4.78 is 14.1. The molecule has 0 fully saturated rings. The maximum atomic E-state index is 14.2. The van der Waals surface area contributed by atoms with Crippen molar-refractivity contribution in [1.29, 1.82) is 0 Å². The van der Waals surface area contributed by atoms with Crippen molar-refractivity contribution in [2.24, 2.45) is 4.99 Å². The number of aliphatic hydroxyl groups is 1. The zero-order valence-electron chi connectivity index (χ0n) is 22.8. The fourth-order valence-corrected chi connectivity index (χ4v) is 5.29. The van der Waals surface area contributed by atoms with Gasteiger partial charge in [0, 0.05) is 40.5 Å². The van der Waals surface area contributed by atoms with Crippen molar-refractivity contribution in [1.82, 2.24) is 10.2 Å². The third-order valence-electron chi connectivity index (χ3n) is 6.69. The number of hydrogen-bond donors (Lipinski definition) is 2. The molecular formula is C31H35Br2N3O4. The Morgan fingerprint density at radius 3 is 2.45 bits per heavy atom. The molecule has 2 atom stereocenters. The Hall–Kier alpha value is -2.72. The van der Waals surface area contributed by atoms with E-state index in [2.05, 4.69) is 42.1 Å². The van der Waals surface area contributed by atoms with Crippen LogP contribution < -0.4 is 10.1 Å². The summed E-state index contributed by atoms with van der Waals surface area (Å²) in [5, 5.41) is 12.2. The third-order valence-corrected chi connectivity index (χ3v) is 7.99. The predicted octanol–water partition coefficient (Wildman–Crippen LogP) is 5.54. The molecule has 2 N–H and O–H groups in total. The molecular weight excluding hydrogens is 638 g/mol. The number of rotatable bonds is 13. The van der Waals surface area contributed by atoms with Gasteiger partial charge in [0.25, 0.3) is 5.91 Å². The largest absolute Gasteiger partial charge is 0.494 e. The number of carbonyl (C=O) groups excluding carboxylic acids is 1. The lowest BCUT2D eigenvalue weighted by Gasteiger charge is -2.31. The fraction of sp³-hybridized carbons (Fsp3) is 0.355. The second-order valence-electron chi connectivity index (χ2n) is 10.0. The van der Waals surface area contributed by atoms with Gasteiger partial charge < -0.3 is 24.8 Å². The molecule has 3 aromatic carbocycles. The first-order valence-corrected chi connectivity index (χ1v) is 14.9. The van der Waals surface area contributed by atoms with Gasteiger partial charge >= 0.3 is 0 Å². The minimum Gasteiger partial charge on any atom is -0.494 e. The molecule has 3 aromatic rings. The Labute approximate surface area is 252 Å². The number of hydrogen-bond acceptors (Lipinski definition) is 6. The van der Waals surface area contributed by atoms with E-state index in [1.807, 2.05) is 86.9 Å². The minimum absolute atomic E-state index is 0.0804. The zero-order valence-corrected chi connectivity index (χ0v) is 25.9. The summed E-state index contributed by atoms with van der Waals surface area (Å²) in [5.41, 5.74) is 1.35. The van der Waals surface area contributed by atoms with Crippen LogP contribution in [-0.2, 0) is 16.0 Å². The summed E-state index contributed by atoms with van der Waals surface area (Å²) in [7, 11) is 4.04. The maximum Gasteiger partial charge on any atom is 0.252 e. The van der Waals surface area contributed by atoms with Crippen LogP contribution in [0.5, 0.6) is 5.75 Å². The van der Waals surface area contributed by atoms with Crippen molar-refractivity contribution in [3.8, 4) is 5.75 Å². The Balaban J connectivity index is 1.74. The summed E-state index contributed by atoms with van der Waals surface area (Å²) in [6.45, 7) is 1.91. The second kappa shape index (κ2) is 14.3. The molecule has 0 aliphatic carbocycles. The van der Waals surface area contributed by atoms with Crippen LogP contribution in [0.15, 0.2) is 86.7 Å². The van der Waals surface area contributed by atoms with Gasteiger partial charge in [-0.2, -0.15) is 0 Å². The normalized spacial score (nSPS) is 18.4. The molecule has 0 radical (unpaired) electrons. The average Bonchev–Trinajstić information content (AvgIpc) is 3.33. The maximum absolute atomic E-state index is 14.2. The Kier molecular flexibility index (Phi) is 10.8. The van der Waals surface area contributed by atoms with E-state index in [1.54, 1.807) is 0 Å². The van der Waals surface area contributed by atoms with Crippen LogP contribution in [0, 0.1) is 0 Å². The molecule has 0 bridgehead atoms. The van der Waals surface area contributed by atoms with Crippen LogP contribution in [0.3, 0.4) is 0 Å². The quantitative estimate of drug-likeness (QED) is 0.233. The number of halogens is 2. The molecule has 212 valence electrons. The molecule has 0 spiro atoms. The lowest BCUT2D eigenvalue weighted by atomic mass is 9.82. The third kappa shape index (κ3) is 7.51. The Morgan fingerprint density at radius 1 is 1.05 bits per heavy atom. The molecule has 1 aliphatic rings. The standard InChI is InChI=1S/C31H35Br2N3O4/c1-36(2)18-5-17-34-30(38)31(21-24-7-3-4-8-27(24)33)28(22-9-13-25(32)14-10-22)40-29(35-31)23-11-15-26(16-12-23)39-20-6-19-37/h3-4,7-16,28,37H,5-6,17-21H2,1-2H3,(H,34,38)/t28-,31-/m1/s1. The summed E-state index contributed by atoms with van der Waals surface area (Å²) >= 11 is 7.20. The summed E-state index contributed by atoms with van der Waals surface area (Å²) in [4.78, 5) is 21.4. The summed E-state index contributed by atoms with van der Waals surface area (Å²) in [5.74, 6) is 0.928. The van der Waals surface area contributed by atoms with Crippen molar-refractivity contribution in [3.05, 3.63) is 98.4 Å². The van der Waals surface area contributed by atoms with E-state index in [4.69, 9.17) is 19.6 Å². The van der Waals surface area contributed by atoms with Crippen LogP contribution in [0.4, 0.5) is 0 Å². The topological polar surface area (TPSA) is 83.4 Å². The predicted molar refractivity (Wildman–Crippen MR) is 165 cm³/mol. The van der Waals surface area contributed by atoms with Crippen LogP contribution in [0.1, 0.15) is 35.6 Å². The van der Waals surface area contributed by atoms with Crippen LogP contribution in [0.2, 0.25) is 0 Å². The van der Waals surface area contributed by atoms with Gasteiger partial charge in [0.05, 0.1) is 6.61 Å². The monoisotopic (exact) mass is 671 g/mol. The molecule has 1 heterocycles. The SMILES string of the molecule is CN(C)CCCNC(=O)[C@]1(Cc2ccccc2Br)N=C(c2ccc(OCCCO)cc2)O[C@@H]1c1ccc(Br)cc1. The Morgan fingerprint density at radius 2 is 1.77 bits per heavy atom. The van der Waals surface area contributed by atoms with Crippen molar-refractivity contribution in [2.75, 3.05) is 40.4 Å². The average molecular weight is 673 g/mol. The number of amides is 1. The van der Waals surface area contributed by atoms with Gasteiger partial charge in [-0.3, -0.25) is 4.79 Å². The minimum atomic E-state index is -1.23. The highest BCUT2D eigenvalue weighted by molar-refractivity contribution is 9.10. The van der Waals surface area contributed by atoms with E-state index < -0.39 is 11.6 Å². The van der Waals surface area contributed by atoms with E-state index in [1.165, 1.54) is 0 Å². The smallest absolute Gasteiger partial charge is 0.252 e. The van der Waals surface area contributed by atoms with Crippen molar-refractivity contribution >= 4 is 43.7 Å². The molecule has 0 unspecified atom stereocenters. The van der Waals surface area contributed by atoms with Gasteiger partial charge in [-0.15, -0.1) is 0 Å². The van der Waals surface area contributed by atoms with E-state index in [-0.39, 0.29) is 12.5 Å². The van der Waals surface area contributed by atoms with Crippen molar-refractivity contribution in [2.45, 2.75) is 30.9 Å². The van der Waals surface area contributed by atoms with Crippen LogP contribution in [-0.4, -0.2) is 67.7 Å². The van der Waals surface area contributed by atoms with E-state index in [0.717, 1.165) is 38.6 Å². The molecule has 1 amide bonds. The van der Waals surface area contributed by atoms with Crippen LogP contribution >= 0.6 is 31.9 Å². The van der Waals surface area contributed by atoms with Gasteiger partial charge in [0.2, 0.25) is 5.90 Å². The van der Waals surface area contributed by atoms with E-state index in [0.29, 0.717) is 37.6 Å². The van der Waals surface area contributed by atoms with Crippen molar-refractivity contribution in [3.63, 3.8) is 0 Å². The van der Waals surface area contributed by atoms with E-state index >= 15 is 0 Å². The summed E-state index contributed by atoms with van der Waals surface area (Å²) in [6, 6.07) is 23.2. The first kappa shape index (κ1) is 30.2. The number of ether oxygens (including phenoxy) is 2. The lowest BCUT2D eigenvalue weighted by molar-refractivity contribution is -0.128. The first-order valence-electron chi connectivity index (χ1n) is 13.3. The van der Waals surface area contributed by atoms with Gasteiger partial charge in [-0.05, 0) is 80.7 Å². The number of benzene rings is 3. The molecule has 0 aromatic heterocycles. The summed E-state index contributed by atoms with van der Waals surface area (Å²) in [6.07, 6.45) is 1.09. The highest BCUT2D eigenvalue weighted by atomic mass is 79.9. The lowest BCUT2D eigenvalue weighted by Crippen LogP contribution is -2.50. The number of nitrogens with zero attached hydrogens (tertiary/aromatic N) is 2. The molecule has 0 saturated heterocycles.